The molecule has 1 N–H and O–H groups in total. The van der Waals surface area contributed by atoms with E-state index in [0.717, 1.165) is 17.1 Å². The molecule has 0 saturated heterocycles. The van der Waals surface area contributed by atoms with E-state index in [9.17, 15) is 0 Å². The first-order chi connectivity index (χ1) is 7.79. The monoisotopic (exact) mass is 236 g/mol. The van der Waals surface area contributed by atoms with Crippen molar-refractivity contribution in [3.05, 3.63) is 29.8 Å². The van der Waals surface area contributed by atoms with Crippen LogP contribution in [0.15, 0.2) is 28.0 Å². The van der Waals surface area contributed by atoms with Gasteiger partial charge in [0.1, 0.15) is 5.82 Å². The fourth-order valence-electron chi connectivity index (χ4n) is 1.26. The van der Waals surface area contributed by atoms with Crippen LogP contribution in [0.2, 0.25) is 0 Å². The van der Waals surface area contributed by atoms with Gasteiger partial charge in [-0.05, 0) is 6.07 Å². The summed E-state index contributed by atoms with van der Waals surface area (Å²) in [6.07, 6.45) is 1.76. The third kappa shape index (κ3) is 2.52. The average molecular weight is 236 g/mol. The zero-order valence-electron chi connectivity index (χ0n) is 9.10. The van der Waals surface area contributed by atoms with Crippen molar-refractivity contribution in [1.82, 2.24) is 15.2 Å². The van der Waals surface area contributed by atoms with Gasteiger partial charge < -0.3 is 9.73 Å². The molecule has 84 valence electrons. The number of rotatable bonds is 4. The number of aromatic nitrogens is 3. The molecule has 5 nitrogen and oxygen atoms in total. The molecule has 6 heteroatoms. The summed E-state index contributed by atoms with van der Waals surface area (Å²) in [5.41, 5.74) is 1.12. The van der Waals surface area contributed by atoms with Crippen molar-refractivity contribution in [1.29, 1.82) is 0 Å². The molecule has 16 heavy (non-hydrogen) atoms. The van der Waals surface area contributed by atoms with Crippen LogP contribution in [-0.4, -0.2) is 22.2 Å². The first-order valence-corrected chi connectivity index (χ1v) is 5.82. The topological polar surface area (TPSA) is 63.8 Å². The lowest BCUT2D eigenvalue weighted by Crippen LogP contribution is -1.96. The Hall–Kier alpha value is -1.56. The van der Waals surface area contributed by atoms with Crippen LogP contribution in [0.5, 0.6) is 0 Å². The molecule has 0 spiro atoms. The summed E-state index contributed by atoms with van der Waals surface area (Å²) in [6, 6.07) is 3.94. The van der Waals surface area contributed by atoms with E-state index >= 15 is 0 Å². The van der Waals surface area contributed by atoms with E-state index < -0.39 is 0 Å². The highest BCUT2D eigenvalue weighted by Crippen LogP contribution is 2.24. The van der Waals surface area contributed by atoms with Crippen molar-refractivity contribution >= 4 is 17.6 Å². The number of pyridine rings is 1. The van der Waals surface area contributed by atoms with E-state index in [0.29, 0.717) is 11.1 Å². The van der Waals surface area contributed by atoms with E-state index in [2.05, 4.69) is 20.5 Å². The normalized spacial score (nSPS) is 10.4. The Kier molecular flexibility index (Phi) is 3.40. The van der Waals surface area contributed by atoms with Gasteiger partial charge in [0, 0.05) is 31.5 Å². The zero-order chi connectivity index (χ0) is 11.4. The molecule has 0 aromatic carbocycles. The molecule has 0 amide bonds. The summed E-state index contributed by atoms with van der Waals surface area (Å²) < 4.78 is 5.28. The van der Waals surface area contributed by atoms with Crippen LogP contribution in [0.3, 0.4) is 0 Å². The van der Waals surface area contributed by atoms with Gasteiger partial charge in [-0.25, -0.2) is 4.98 Å². The van der Waals surface area contributed by atoms with Gasteiger partial charge in [0.2, 0.25) is 5.89 Å². The lowest BCUT2D eigenvalue weighted by atomic mass is 10.3. The van der Waals surface area contributed by atoms with Crippen molar-refractivity contribution < 1.29 is 4.42 Å². The fraction of sp³-hybridized carbons (Fsp3) is 0.300. The van der Waals surface area contributed by atoms with Gasteiger partial charge in [-0.15, -0.1) is 10.2 Å². The zero-order valence-corrected chi connectivity index (χ0v) is 9.91. The second-order valence-corrected chi connectivity index (χ2v) is 4.06. The van der Waals surface area contributed by atoms with Crippen molar-refractivity contribution in [3.8, 4) is 0 Å². The summed E-state index contributed by atoms with van der Waals surface area (Å²) >= 11 is 1.50. The third-order valence-electron chi connectivity index (χ3n) is 1.99. The molecule has 0 fully saturated rings. The van der Waals surface area contributed by atoms with E-state index in [1.807, 2.05) is 19.2 Å². The smallest absolute Gasteiger partial charge is 0.276 e. The lowest BCUT2D eigenvalue weighted by molar-refractivity contribution is 0.429. The number of aryl methyl sites for hydroxylation is 1. The Labute approximate surface area is 97.7 Å². The number of hydrogen-bond acceptors (Lipinski definition) is 6. The number of nitrogens with one attached hydrogen (secondary N) is 1. The van der Waals surface area contributed by atoms with E-state index in [4.69, 9.17) is 4.42 Å². The Morgan fingerprint density at radius 2 is 2.31 bits per heavy atom. The van der Waals surface area contributed by atoms with Crippen LogP contribution in [0.25, 0.3) is 0 Å². The first-order valence-electron chi connectivity index (χ1n) is 4.84. The van der Waals surface area contributed by atoms with Crippen molar-refractivity contribution in [2.24, 2.45) is 0 Å². The highest BCUT2D eigenvalue weighted by atomic mass is 32.2. The molecule has 0 radical (unpaired) electrons. The Morgan fingerprint density at radius 1 is 1.44 bits per heavy atom. The maximum atomic E-state index is 5.28. The molecule has 2 rings (SSSR count). The van der Waals surface area contributed by atoms with Gasteiger partial charge in [0.25, 0.3) is 5.22 Å². The molecule has 0 aliphatic heterocycles. The fourth-order valence-corrected chi connectivity index (χ4v) is 2.05. The minimum absolute atomic E-state index is 0.586. The van der Waals surface area contributed by atoms with Gasteiger partial charge in [0.05, 0.1) is 0 Å². The predicted molar refractivity (Wildman–Crippen MR) is 62.4 cm³/mol. The molecule has 0 aliphatic carbocycles. The average Bonchev–Trinajstić information content (AvgIpc) is 2.73. The van der Waals surface area contributed by atoms with Gasteiger partial charge >= 0.3 is 0 Å². The minimum atomic E-state index is 0.586. The quantitative estimate of drug-likeness (QED) is 0.820. The van der Waals surface area contributed by atoms with Gasteiger partial charge in [-0.3, -0.25) is 0 Å². The Bertz CT molecular complexity index is 471. The number of thioether (sulfide) groups is 1. The van der Waals surface area contributed by atoms with Gasteiger partial charge in [-0.2, -0.15) is 0 Å². The largest absolute Gasteiger partial charge is 0.416 e. The molecule has 0 bridgehead atoms. The Balaban J connectivity index is 2.04. The van der Waals surface area contributed by atoms with Crippen LogP contribution in [-0.2, 0) is 5.75 Å². The summed E-state index contributed by atoms with van der Waals surface area (Å²) in [5, 5.41) is 11.3. The van der Waals surface area contributed by atoms with Gasteiger partial charge in [-0.1, -0.05) is 17.8 Å². The summed E-state index contributed by atoms with van der Waals surface area (Å²) in [4.78, 5) is 4.22. The van der Waals surface area contributed by atoms with Crippen LogP contribution >= 0.6 is 11.8 Å². The van der Waals surface area contributed by atoms with Crippen molar-refractivity contribution in [2.75, 3.05) is 12.4 Å². The minimum Gasteiger partial charge on any atom is -0.416 e. The Morgan fingerprint density at radius 3 is 3.00 bits per heavy atom. The molecule has 2 aromatic rings. The molecule has 0 saturated carbocycles. The standard InChI is InChI=1S/C10H12N4OS/c1-7-13-14-10(15-7)16-6-8-4-3-5-12-9(8)11-2/h3-5H,6H2,1-2H3,(H,11,12). The highest BCUT2D eigenvalue weighted by Gasteiger charge is 2.06. The van der Waals surface area contributed by atoms with Crippen LogP contribution < -0.4 is 5.32 Å². The third-order valence-corrected chi connectivity index (χ3v) is 2.85. The second-order valence-electron chi connectivity index (χ2n) is 3.14. The van der Waals surface area contributed by atoms with E-state index in [-0.39, 0.29) is 0 Å². The SMILES string of the molecule is CNc1ncccc1CSc1nnc(C)o1. The molecule has 2 heterocycles. The molecule has 0 unspecified atom stereocenters. The number of anilines is 1. The molecule has 2 aromatic heterocycles. The summed E-state index contributed by atoms with van der Waals surface area (Å²) in [5.74, 6) is 2.22. The molecular formula is C10H12N4OS. The predicted octanol–water partition coefficient (Wildman–Crippen LogP) is 2.11. The van der Waals surface area contributed by atoms with Crippen LogP contribution in [0, 0.1) is 6.92 Å². The van der Waals surface area contributed by atoms with E-state index in [1.54, 1.807) is 13.1 Å². The maximum Gasteiger partial charge on any atom is 0.276 e. The summed E-state index contributed by atoms with van der Waals surface area (Å²) in [6.45, 7) is 1.78. The lowest BCUT2D eigenvalue weighted by Gasteiger charge is -2.05. The van der Waals surface area contributed by atoms with Crippen LogP contribution in [0.1, 0.15) is 11.5 Å². The number of hydrogen-bond donors (Lipinski definition) is 1. The van der Waals surface area contributed by atoms with Gasteiger partial charge in [0.15, 0.2) is 0 Å². The highest BCUT2D eigenvalue weighted by molar-refractivity contribution is 7.98. The maximum absolute atomic E-state index is 5.28. The second kappa shape index (κ2) is 4.98. The van der Waals surface area contributed by atoms with E-state index in [1.165, 1.54) is 11.8 Å². The van der Waals surface area contributed by atoms with Crippen molar-refractivity contribution in [2.45, 2.75) is 17.9 Å². The number of nitrogens with zero attached hydrogens (tertiary/aromatic N) is 3. The summed E-state index contributed by atoms with van der Waals surface area (Å²) in [7, 11) is 1.85. The molecule has 0 atom stereocenters. The first kappa shape index (κ1) is 10.9. The van der Waals surface area contributed by atoms with Crippen molar-refractivity contribution in [3.63, 3.8) is 0 Å². The molecule has 0 aliphatic rings. The molecular weight excluding hydrogens is 224 g/mol. The van der Waals surface area contributed by atoms with Crippen LogP contribution in [0.4, 0.5) is 5.82 Å².